The van der Waals surface area contributed by atoms with Crippen molar-refractivity contribution in [2.45, 2.75) is 52.2 Å². The number of benzene rings is 2. The van der Waals surface area contributed by atoms with Crippen LogP contribution >= 0.6 is 0 Å². The molecule has 1 amide bonds. The average Bonchev–Trinajstić information content (AvgIpc) is 3.27. The number of amides is 1. The van der Waals surface area contributed by atoms with Gasteiger partial charge in [-0.25, -0.2) is 4.98 Å². The van der Waals surface area contributed by atoms with Gasteiger partial charge in [0, 0.05) is 25.7 Å². The highest BCUT2D eigenvalue weighted by atomic mass is 16.3. The summed E-state index contributed by atoms with van der Waals surface area (Å²) < 4.78 is 5.71. The van der Waals surface area contributed by atoms with Crippen molar-refractivity contribution in [1.29, 1.82) is 0 Å². The van der Waals surface area contributed by atoms with Crippen molar-refractivity contribution in [3.63, 3.8) is 0 Å². The molecule has 0 radical (unpaired) electrons. The topological polar surface area (TPSA) is 61.6 Å². The molecule has 3 aromatic rings. The lowest BCUT2D eigenvalue weighted by Crippen LogP contribution is -2.31. The van der Waals surface area contributed by atoms with Crippen LogP contribution in [0.5, 0.6) is 0 Å². The molecule has 0 spiro atoms. The van der Waals surface area contributed by atoms with E-state index in [0.717, 1.165) is 13.1 Å². The number of nitrogens with zero attached hydrogens (tertiary/aromatic N) is 3. The highest BCUT2D eigenvalue weighted by Gasteiger charge is 2.21. The van der Waals surface area contributed by atoms with Crippen LogP contribution in [0, 0.1) is 0 Å². The molecule has 2 aromatic carbocycles. The molecular weight excluding hydrogens is 424 g/mol. The summed E-state index contributed by atoms with van der Waals surface area (Å²) in [6.45, 7) is 11.4. The number of carbonyl (C=O) groups excluding carboxylic acids is 1. The second-order valence-corrected chi connectivity index (χ2v) is 10.1. The van der Waals surface area contributed by atoms with E-state index in [4.69, 9.17) is 4.42 Å². The van der Waals surface area contributed by atoms with Crippen molar-refractivity contribution in [2.24, 2.45) is 0 Å². The van der Waals surface area contributed by atoms with E-state index in [-0.39, 0.29) is 17.4 Å². The zero-order chi connectivity index (χ0) is 24.7. The Morgan fingerprint density at radius 1 is 1.03 bits per heavy atom. The largest absolute Gasteiger partial charge is 0.447 e. The predicted molar refractivity (Wildman–Crippen MR) is 137 cm³/mol. The molecule has 1 heterocycles. The fraction of sp³-hybridized carbons (Fsp3) is 0.429. The number of oxazole rings is 1. The van der Waals surface area contributed by atoms with Crippen LogP contribution in [0.1, 0.15) is 66.8 Å². The van der Waals surface area contributed by atoms with Crippen LogP contribution in [0.2, 0.25) is 0 Å². The Bertz CT molecular complexity index is 1040. The van der Waals surface area contributed by atoms with Gasteiger partial charge < -0.3 is 14.6 Å². The first-order valence-electron chi connectivity index (χ1n) is 11.9. The number of carbonyl (C=O) groups is 1. The summed E-state index contributed by atoms with van der Waals surface area (Å²) in [5.41, 5.74) is 4.20. The highest BCUT2D eigenvalue weighted by Crippen LogP contribution is 2.26. The minimum absolute atomic E-state index is 0.122. The van der Waals surface area contributed by atoms with Gasteiger partial charge in [-0.1, -0.05) is 75.4 Å². The van der Waals surface area contributed by atoms with Gasteiger partial charge in [0.2, 0.25) is 5.89 Å². The molecule has 1 atom stereocenters. The maximum atomic E-state index is 12.4. The van der Waals surface area contributed by atoms with Crippen molar-refractivity contribution >= 4 is 5.91 Å². The van der Waals surface area contributed by atoms with Gasteiger partial charge in [-0.2, -0.15) is 0 Å². The lowest BCUT2D eigenvalue weighted by Gasteiger charge is -2.29. The fourth-order valence-electron chi connectivity index (χ4n) is 3.76. The number of hydrogen-bond donors (Lipinski definition) is 1. The number of hydrogen-bond acceptors (Lipinski definition) is 5. The summed E-state index contributed by atoms with van der Waals surface area (Å²) in [5.74, 6) is 0.323. The smallest absolute Gasteiger partial charge is 0.273 e. The lowest BCUT2D eigenvalue weighted by atomic mass is 9.86. The minimum atomic E-state index is -0.211. The number of nitrogens with one attached hydrogen (secondary N) is 1. The first-order valence-corrected chi connectivity index (χ1v) is 11.9. The van der Waals surface area contributed by atoms with E-state index in [1.165, 1.54) is 23.0 Å². The number of rotatable bonds is 10. The molecule has 0 fully saturated rings. The fourth-order valence-corrected chi connectivity index (χ4v) is 3.76. The zero-order valence-electron chi connectivity index (χ0n) is 21.3. The van der Waals surface area contributed by atoms with Gasteiger partial charge in [0.05, 0.1) is 6.54 Å². The lowest BCUT2D eigenvalue weighted by molar-refractivity contribution is 0.0946. The van der Waals surface area contributed by atoms with Gasteiger partial charge in [-0.15, -0.1) is 0 Å². The van der Waals surface area contributed by atoms with Crippen molar-refractivity contribution in [3.05, 3.63) is 89.1 Å². The standard InChI is InChI=1S/C28H38N4O2/c1-21(23-10-8-7-9-11-23)32(18-22-12-14-24(15-13-22)28(2,3)4)19-26-30-25(20-34-26)27(33)29-16-17-31(5)6/h7-15,20-21H,16-19H2,1-6H3,(H,29,33). The summed E-state index contributed by atoms with van der Waals surface area (Å²) >= 11 is 0. The molecule has 3 rings (SSSR count). The van der Waals surface area contributed by atoms with Gasteiger partial charge in [-0.05, 0) is 43.1 Å². The van der Waals surface area contributed by atoms with Gasteiger partial charge in [0.1, 0.15) is 6.26 Å². The quantitative estimate of drug-likeness (QED) is 0.458. The SMILES string of the molecule is CC(c1ccccc1)N(Cc1ccc(C(C)(C)C)cc1)Cc1nc(C(=O)NCCN(C)C)co1. The molecule has 0 aliphatic heterocycles. The summed E-state index contributed by atoms with van der Waals surface area (Å²) in [6.07, 6.45) is 1.45. The van der Waals surface area contributed by atoms with E-state index in [0.29, 0.717) is 24.7 Å². The second-order valence-electron chi connectivity index (χ2n) is 10.1. The third kappa shape index (κ3) is 7.27. The Labute approximate surface area is 204 Å². The van der Waals surface area contributed by atoms with Gasteiger partial charge in [0.25, 0.3) is 5.91 Å². The minimum Gasteiger partial charge on any atom is -0.447 e. The van der Waals surface area contributed by atoms with Crippen molar-refractivity contribution in [3.8, 4) is 0 Å². The molecule has 0 saturated heterocycles. The van der Waals surface area contributed by atoms with Gasteiger partial charge in [-0.3, -0.25) is 9.69 Å². The summed E-state index contributed by atoms with van der Waals surface area (Å²) in [5, 5.41) is 2.89. The summed E-state index contributed by atoms with van der Waals surface area (Å²) in [7, 11) is 3.94. The van der Waals surface area contributed by atoms with Crippen LogP contribution in [-0.4, -0.2) is 47.9 Å². The third-order valence-corrected chi connectivity index (χ3v) is 6.00. The van der Waals surface area contributed by atoms with E-state index in [9.17, 15) is 4.79 Å². The van der Waals surface area contributed by atoms with Crippen LogP contribution in [0.4, 0.5) is 0 Å². The predicted octanol–water partition coefficient (Wildman–Crippen LogP) is 5.03. The monoisotopic (exact) mass is 462 g/mol. The summed E-state index contributed by atoms with van der Waals surface area (Å²) in [4.78, 5) is 21.2. The Kier molecular flexibility index (Phi) is 8.64. The van der Waals surface area contributed by atoms with Crippen LogP contribution in [0.3, 0.4) is 0 Å². The zero-order valence-corrected chi connectivity index (χ0v) is 21.3. The maximum absolute atomic E-state index is 12.4. The van der Waals surface area contributed by atoms with Crippen LogP contribution < -0.4 is 5.32 Å². The molecule has 0 saturated carbocycles. The van der Waals surface area contributed by atoms with Crippen LogP contribution in [0.25, 0.3) is 0 Å². The van der Waals surface area contributed by atoms with E-state index in [1.54, 1.807) is 0 Å². The van der Waals surface area contributed by atoms with E-state index in [1.807, 2.05) is 25.1 Å². The Morgan fingerprint density at radius 2 is 1.71 bits per heavy atom. The first-order chi connectivity index (χ1) is 16.1. The molecule has 182 valence electrons. The molecule has 6 heteroatoms. The third-order valence-electron chi connectivity index (χ3n) is 6.00. The Balaban J connectivity index is 1.75. The first kappa shape index (κ1) is 25.7. The molecule has 6 nitrogen and oxygen atoms in total. The molecule has 34 heavy (non-hydrogen) atoms. The molecule has 1 N–H and O–H groups in total. The molecule has 0 aliphatic rings. The molecule has 0 bridgehead atoms. The van der Waals surface area contributed by atoms with Crippen LogP contribution in [0.15, 0.2) is 65.3 Å². The van der Waals surface area contributed by atoms with Crippen LogP contribution in [-0.2, 0) is 18.5 Å². The normalized spacial score (nSPS) is 12.8. The summed E-state index contributed by atoms with van der Waals surface area (Å²) in [6, 6.07) is 19.4. The van der Waals surface area contributed by atoms with Gasteiger partial charge in [0.15, 0.2) is 5.69 Å². The Hall–Kier alpha value is -2.96. The second kappa shape index (κ2) is 11.4. The van der Waals surface area contributed by atoms with Crippen molar-refractivity contribution in [1.82, 2.24) is 20.1 Å². The van der Waals surface area contributed by atoms with Crippen molar-refractivity contribution in [2.75, 3.05) is 27.2 Å². The number of likely N-dealkylation sites (N-methyl/N-ethyl adjacent to an activating group) is 1. The molecule has 1 unspecified atom stereocenters. The average molecular weight is 463 g/mol. The maximum Gasteiger partial charge on any atom is 0.273 e. The highest BCUT2D eigenvalue weighted by molar-refractivity contribution is 5.91. The van der Waals surface area contributed by atoms with E-state index in [2.05, 4.69) is 91.4 Å². The number of aromatic nitrogens is 1. The molecule has 1 aromatic heterocycles. The Morgan fingerprint density at radius 3 is 2.32 bits per heavy atom. The van der Waals surface area contributed by atoms with Gasteiger partial charge >= 0.3 is 0 Å². The van der Waals surface area contributed by atoms with E-state index >= 15 is 0 Å². The van der Waals surface area contributed by atoms with Crippen molar-refractivity contribution < 1.29 is 9.21 Å². The van der Waals surface area contributed by atoms with E-state index < -0.39 is 0 Å². The molecular formula is C28H38N4O2. The molecule has 0 aliphatic carbocycles.